The Balaban J connectivity index is 0.00000108. The molecule has 2 heterocycles. The van der Waals surface area contributed by atoms with Gasteiger partial charge in [0.1, 0.15) is 0 Å². The summed E-state index contributed by atoms with van der Waals surface area (Å²) in [6.45, 7) is 3.27. The molecule has 0 bridgehead atoms. The molecule has 0 spiro atoms. The first-order valence-corrected chi connectivity index (χ1v) is 5.71. The third kappa shape index (κ3) is 1.78. The molecule has 0 aliphatic heterocycles. The number of benzene rings is 1. The Hall–Kier alpha value is -1.87. The molecule has 1 aromatic carbocycles. The number of aromatic nitrogens is 2. The maximum atomic E-state index is 4.23. The lowest BCUT2D eigenvalue weighted by molar-refractivity contribution is 0.705. The van der Waals surface area contributed by atoms with Crippen molar-refractivity contribution >= 4 is 21.7 Å². The van der Waals surface area contributed by atoms with Gasteiger partial charge in [-0.05, 0) is 23.9 Å². The molecular formula is C14H17N3. The predicted octanol–water partition coefficient (Wildman–Crippen LogP) is 3.76. The van der Waals surface area contributed by atoms with E-state index in [9.17, 15) is 0 Å². The summed E-state index contributed by atoms with van der Waals surface area (Å²) in [6, 6.07) is 8.59. The van der Waals surface area contributed by atoms with Gasteiger partial charge >= 0.3 is 0 Å². The van der Waals surface area contributed by atoms with Crippen LogP contribution in [0.1, 0.15) is 13.3 Å². The fourth-order valence-electron chi connectivity index (χ4n) is 2.29. The van der Waals surface area contributed by atoms with Crippen LogP contribution in [0.3, 0.4) is 0 Å². The summed E-state index contributed by atoms with van der Waals surface area (Å²) in [5.74, 6) is 0. The van der Waals surface area contributed by atoms with Crippen molar-refractivity contribution in [1.29, 1.82) is 0 Å². The molecule has 0 aliphatic carbocycles. The van der Waals surface area contributed by atoms with E-state index in [0.29, 0.717) is 0 Å². The highest BCUT2D eigenvalue weighted by Crippen LogP contribution is 2.25. The lowest BCUT2D eigenvalue weighted by Crippen LogP contribution is -1.94. The largest absolute Gasteiger partial charge is 0.347 e. The Bertz CT molecular complexity index is 640. The van der Waals surface area contributed by atoms with Crippen molar-refractivity contribution < 1.29 is 0 Å². The van der Waals surface area contributed by atoms with Crippen LogP contribution in [0.5, 0.6) is 0 Å². The summed E-state index contributed by atoms with van der Waals surface area (Å²) in [4.78, 5) is 4.23. The Morgan fingerprint density at radius 3 is 2.76 bits per heavy atom. The molecule has 0 radical (unpaired) electrons. The number of rotatable bonds is 2. The molecule has 2 aromatic heterocycles. The first-order valence-electron chi connectivity index (χ1n) is 5.71. The average Bonchev–Trinajstić information content (AvgIpc) is 2.73. The molecule has 0 amide bonds. The van der Waals surface area contributed by atoms with Crippen molar-refractivity contribution in [2.45, 2.75) is 19.9 Å². The molecule has 0 unspecified atom stereocenters. The summed E-state index contributed by atoms with van der Waals surface area (Å²) in [5, 5.41) is 3.81. The number of hydrogen-bond acceptors (Lipinski definition) is 2. The van der Waals surface area contributed by atoms with Gasteiger partial charge in [-0.15, -0.1) is 0 Å². The highest BCUT2D eigenvalue weighted by atomic mass is 14.9. The van der Waals surface area contributed by atoms with E-state index in [4.69, 9.17) is 0 Å². The van der Waals surface area contributed by atoms with Gasteiger partial charge in [-0.1, -0.05) is 19.1 Å². The molecule has 88 valence electrons. The van der Waals surface area contributed by atoms with E-state index in [2.05, 4.69) is 46.9 Å². The van der Waals surface area contributed by atoms with Gasteiger partial charge in [0.05, 0.1) is 5.52 Å². The zero-order valence-corrected chi connectivity index (χ0v) is 10.1. The van der Waals surface area contributed by atoms with Crippen molar-refractivity contribution in [1.82, 2.24) is 15.7 Å². The van der Waals surface area contributed by atoms with Gasteiger partial charge in [-0.2, -0.15) is 0 Å². The Labute approximate surface area is 101 Å². The zero-order chi connectivity index (χ0) is 11.0. The van der Waals surface area contributed by atoms with Gasteiger partial charge in [0, 0.05) is 35.9 Å². The van der Waals surface area contributed by atoms with Gasteiger partial charge in [0.2, 0.25) is 0 Å². The number of pyridine rings is 1. The van der Waals surface area contributed by atoms with Gasteiger partial charge < -0.3 is 10.7 Å². The maximum Gasteiger partial charge on any atom is 0.0575 e. The average molecular weight is 227 g/mol. The SMILES string of the molecule is CCCn1ccc2ccc3ccncc3c21.N. The standard InChI is InChI=1S/C14H14N2.H3N/c1-2-8-16-9-6-12-4-3-11-5-7-15-10-13(11)14(12)16;/h3-7,9-10H,2,8H2,1H3;1H3. The van der Waals surface area contributed by atoms with Crippen molar-refractivity contribution in [3.05, 3.63) is 42.9 Å². The van der Waals surface area contributed by atoms with Crippen molar-refractivity contribution in [2.75, 3.05) is 0 Å². The van der Waals surface area contributed by atoms with Crippen LogP contribution in [0.4, 0.5) is 0 Å². The molecule has 3 heteroatoms. The molecule has 0 fully saturated rings. The number of hydrogen-bond donors (Lipinski definition) is 1. The van der Waals surface area contributed by atoms with Crippen molar-refractivity contribution in [3.63, 3.8) is 0 Å². The molecule has 0 saturated heterocycles. The summed E-state index contributed by atoms with van der Waals surface area (Å²) >= 11 is 0. The molecule has 3 rings (SSSR count). The molecule has 0 saturated carbocycles. The highest BCUT2D eigenvalue weighted by molar-refractivity contribution is 6.05. The van der Waals surface area contributed by atoms with Crippen LogP contribution in [0.25, 0.3) is 21.7 Å². The van der Waals surface area contributed by atoms with Gasteiger partial charge in [-0.3, -0.25) is 4.98 Å². The second-order valence-electron chi connectivity index (χ2n) is 4.11. The van der Waals surface area contributed by atoms with E-state index >= 15 is 0 Å². The minimum atomic E-state index is 0. The number of nitrogens with zero attached hydrogens (tertiary/aromatic N) is 2. The quantitative estimate of drug-likeness (QED) is 0.724. The van der Waals surface area contributed by atoms with Crippen LogP contribution in [0, 0.1) is 0 Å². The normalized spacial score (nSPS) is 10.6. The van der Waals surface area contributed by atoms with E-state index in [0.717, 1.165) is 13.0 Å². The van der Waals surface area contributed by atoms with Crippen LogP contribution < -0.4 is 6.15 Å². The second kappa shape index (κ2) is 4.55. The van der Waals surface area contributed by atoms with E-state index < -0.39 is 0 Å². The zero-order valence-electron chi connectivity index (χ0n) is 10.1. The number of fused-ring (bicyclic) bond motifs is 3. The second-order valence-corrected chi connectivity index (χ2v) is 4.11. The molecule has 3 nitrogen and oxygen atoms in total. The van der Waals surface area contributed by atoms with Crippen LogP contribution in [-0.2, 0) is 6.54 Å². The van der Waals surface area contributed by atoms with Crippen LogP contribution in [-0.4, -0.2) is 9.55 Å². The summed E-state index contributed by atoms with van der Waals surface area (Å²) in [5.41, 5.74) is 1.31. The van der Waals surface area contributed by atoms with Crippen LogP contribution in [0.2, 0.25) is 0 Å². The third-order valence-corrected chi connectivity index (χ3v) is 3.01. The van der Waals surface area contributed by atoms with Crippen molar-refractivity contribution in [3.8, 4) is 0 Å². The molecular weight excluding hydrogens is 210 g/mol. The first-order chi connectivity index (χ1) is 7.90. The minimum Gasteiger partial charge on any atom is -0.347 e. The Morgan fingerprint density at radius 2 is 1.94 bits per heavy atom. The summed E-state index contributed by atoms with van der Waals surface area (Å²) < 4.78 is 2.32. The van der Waals surface area contributed by atoms with E-state index in [-0.39, 0.29) is 6.15 Å². The Kier molecular flexibility index (Phi) is 3.11. The van der Waals surface area contributed by atoms with Gasteiger partial charge in [-0.25, -0.2) is 0 Å². The topological polar surface area (TPSA) is 52.8 Å². The number of aryl methyl sites for hydroxylation is 1. The van der Waals surface area contributed by atoms with Crippen molar-refractivity contribution in [2.24, 2.45) is 0 Å². The molecule has 3 aromatic rings. The smallest absolute Gasteiger partial charge is 0.0575 e. The first kappa shape index (κ1) is 11.6. The van der Waals surface area contributed by atoms with E-state index in [1.54, 1.807) is 0 Å². The maximum absolute atomic E-state index is 4.23. The molecule has 0 atom stereocenters. The monoisotopic (exact) mass is 227 g/mol. The predicted molar refractivity (Wildman–Crippen MR) is 72.6 cm³/mol. The Morgan fingerprint density at radius 1 is 1.12 bits per heavy atom. The van der Waals surface area contributed by atoms with Gasteiger partial charge in [0.25, 0.3) is 0 Å². The lowest BCUT2D eigenvalue weighted by Gasteiger charge is -2.05. The van der Waals surface area contributed by atoms with Crippen LogP contribution in [0.15, 0.2) is 42.9 Å². The fraction of sp³-hybridized carbons (Fsp3) is 0.214. The molecule has 17 heavy (non-hydrogen) atoms. The molecule has 0 aliphatic rings. The highest BCUT2D eigenvalue weighted by Gasteiger charge is 2.04. The summed E-state index contributed by atoms with van der Waals surface area (Å²) in [7, 11) is 0. The third-order valence-electron chi connectivity index (χ3n) is 3.01. The van der Waals surface area contributed by atoms with E-state index in [1.165, 1.54) is 21.7 Å². The minimum absolute atomic E-state index is 0. The lowest BCUT2D eigenvalue weighted by atomic mass is 10.1. The van der Waals surface area contributed by atoms with Crippen LogP contribution >= 0.6 is 0 Å². The molecule has 3 N–H and O–H groups in total. The van der Waals surface area contributed by atoms with E-state index in [1.807, 2.05) is 12.4 Å². The van der Waals surface area contributed by atoms with Gasteiger partial charge in [0.15, 0.2) is 0 Å². The summed E-state index contributed by atoms with van der Waals surface area (Å²) in [6.07, 6.45) is 7.13. The fourth-order valence-corrected chi connectivity index (χ4v) is 2.29.